The Hall–Kier alpha value is -3.97. The molecule has 4 aromatic rings. The third-order valence-electron chi connectivity index (χ3n) is 5.39. The normalized spacial score (nSPS) is 11.1. The number of carbonyl (C=O) groups excluding carboxylic acids is 1. The van der Waals surface area contributed by atoms with E-state index < -0.39 is 10.0 Å². The number of rotatable bonds is 8. The van der Waals surface area contributed by atoms with Crippen LogP contribution in [0.2, 0.25) is 0 Å². The smallest absolute Gasteiger partial charge is 0.262 e. The van der Waals surface area contributed by atoms with Crippen LogP contribution in [0.1, 0.15) is 11.1 Å². The largest absolute Gasteiger partial charge is 0.341 e. The number of amides is 1. The molecule has 7 heteroatoms. The molecule has 1 heterocycles. The minimum Gasteiger partial charge on any atom is -0.341 e. The molecule has 0 unspecified atom stereocenters. The average Bonchev–Trinajstić information content (AvgIpc) is 2.86. The van der Waals surface area contributed by atoms with Crippen LogP contribution in [0.4, 0.5) is 5.69 Å². The van der Waals surface area contributed by atoms with Crippen molar-refractivity contribution in [2.24, 2.45) is 0 Å². The van der Waals surface area contributed by atoms with Crippen molar-refractivity contribution in [3.05, 3.63) is 115 Å². The SMILES string of the molecule is CN(Cc1cccnc1)C(=O)Cc1ccc(NS(=O)(=O)c2ccccc2-c2ccccc2)cc1. The van der Waals surface area contributed by atoms with Crippen molar-refractivity contribution in [1.29, 1.82) is 0 Å². The number of aromatic nitrogens is 1. The molecule has 0 saturated carbocycles. The Bertz CT molecular complexity index is 1360. The van der Waals surface area contributed by atoms with Crippen LogP contribution in [0, 0.1) is 0 Å². The second-order valence-electron chi connectivity index (χ2n) is 7.95. The van der Waals surface area contributed by atoms with Crippen LogP contribution in [0.3, 0.4) is 0 Å². The Kier molecular flexibility index (Phi) is 7.04. The fourth-order valence-corrected chi connectivity index (χ4v) is 4.91. The quantitative estimate of drug-likeness (QED) is 0.402. The molecule has 0 saturated heterocycles. The standard InChI is InChI=1S/C27H25N3O3S/c1-30(20-22-8-7-17-28-19-22)27(31)18-21-13-15-24(16-14-21)29-34(32,33)26-12-6-5-11-25(26)23-9-3-2-4-10-23/h2-17,19,29H,18,20H2,1H3. The zero-order valence-corrected chi connectivity index (χ0v) is 19.6. The first-order valence-electron chi connectivity index (χ1n) is 10.8. The fourth-order valence-electron chi connectivity index (χ4n) is 3.62. The average molecular weight is 472 g/mol. The van der Waals surface area contributed by atoms with Crippen LogP contribution >= 0.6 is 0 Å². The highest BCUT2D eigenvalue weighted by atomic mass is 32.2. The molecule has 0 aliphatic rings. The Morgan fingerprint density at radius 1 is 0.853 bits per heavy atom. The molecule has 1 aromatic heterocycles. The van der Waals surface area contributed by atoms with Gasteiger partial charge in [-0.05, 0) is 41.0 Å². The van der Waals surface area contributed by atoms with Crippen LogP contribution in [0.25, 0.3) is 11.1 Å². The molecular formula is C27H25N3O3S. The van der Waals surface area contributed by atoms with Crippen LogP contribution in [-0.2, 0) is 27.8 Å². The maximum atomic E-state index is 13.1. The summed E-state index contributed by atoms with van der Waals surface area (Å²) < 4.78 is 28.9. The van der Waals surface area contributed by atoms with Gasteiger partial charge in [0.25, 0.3) is 10.0 Å². The number of nitrogens with one attached hydrogen (secondary N) is 1. The van der Waals surface area contributed by atoms with Gasteiger partial charge in [0, 0.05) is 37.2 Å². The molecule has 3 aromatic carbocycles. The Balaban J connectivity index is 1.44. The predicted molar refractivity (Wildman–Crippen MR) is 134 cm³/mol. The predicted octanol–water partition coefficient (Wildman–Crippen LogP) is 4.75. The first kappa shape index (κ1) is 23.2. The lowest BCUT2D eigenvalue weighted by Gasteiger charge is -2.17. The molecule has 172 valence electrons. The van der Waals surface area contributed by atoms with Gasteiger partial charge >= 0.3 is 0 Å². The number of carbonyl (C=O) groups is 1. The minimum atomic E-state index is -3.81. The lowest BCUT2D eigenvalue weighted by atomic mass is 10.1. The molecular weight excluding hydrogens is 446 g/mol. The fraction of sp³-hybridized carbons (Fsp3) is 0.111. The van der Waals surface area contributed by atoms with Crippen molar-refractivity contribution >= 4 is 21.6 Å². The number of sulfonamides is 1. The Labute approximate surface area is 200 Å². The summed E-state index contributed by atoms with van der Waals surface area (Å²) in [5, 5.41) is 0. The molecule has 34 heavy (non-hydrogen) atoms. The van der Waals surface area contributed by atoms with Crippen LogP contribution < -0.4 is 4.72 Å². The van der Waals surface area contributed by atoms with Crippen molar-refractivity contribution in [2.75, 3.05) is 11.8 Å². The molecule has 0 aliphatic heterocycles. The summed E-state index contributed by atoms with van der Waals surface area (Å²) in [6, 6.07) is 26.9. The van der Waals surface area contributed by atoms with E-state index in [1.807, 2.05) is 48.5 Å². The van der Waals surface area contributed by atoms with Crippen molar-refractivity contribution in [1.82, 2.24) is 9.88 Å². The van der Waals surface area contributed by atoms with Gasteiger partial charge < -0.3 is 4.90 Å². The molecule has 1 amide bonds. The van der Waals surface area contributed by atoms with E-state index in [1.54, 1.807) is 66.8 Å². The van der Waals surface area contributed by atoms with Gasteiger partial charge in [0.15, 0.2) is 0 Å². The Morgan fingerprint density at radius 3 is 2.26 bits per heavy atom. The third-order valence-corrected chi connectivity index (χ3v) is 6.83. The summed E-state index contributed by atoms with van der Waals surface area (Å²) >= 11 is 0. The summed E-state index contributed by atoms with van der Waals surface area (Å²) in [7, 11) is -2.06. The first-order valence-corrected chi connectivity index (χ1v) is 12.3. The molecule has 0 aliphatic carbocycles. The van der Waals surface area contributed by atoms with Gasteiger partial charge in [-0.2, -0.15) is 0 Å². The van der Waals surface area contributed by atoms with E-state index in [2.05, 4.69) is 9.71 Å². The number of benzene rings is 3. The van der Waals surface area contributed by atoms with E-state index in [0.717, 1.165) is 16.7 Å². The first-order chi connectivity index (χ1) is 16.4. The summed E-state index contributed by atoms with van der Waals surface area (Å²) in [5.41, 5.74) is 3.65. The van der Waals surface area contributed by atoms with Crippen molar-refractivity contribution in [3.63, 3.8) is 0 Å². The molecule has 0 atom stereocenters. The number of anilines is 1. The number of hydrogen-bond acceptors (Lipinski definition) is 4. The summed E-state index contributed by atoms with van der Waals surface area (Å²) in [6.07, 6.45) is 3.66. The highest BCUT2D eigenvalue weighted by Crippen LogP contribution is 2.28. The third kappa shape index (κ3) is 5.68. The van der Waals surface area contributed by atoms with E-state index in [0.29, 0.717) is 17.8 Å². The molecule has 0 spiro atoms. The summed E-state index contributed by atoms with van der Waals surface area (Å²) in [6.45, 7) is 0.478. The zero-order valence-electron chi connectivity index (χ0n) is 18.8. The molecule has 0 radical (unpaired) electrons. The van der Waals surface area contributed by atoms with Gasteiger partial charge in [-0.25, -0.2) is 8.42 Å². The second kappa shape index (κ2) is 10.3. The van der Waals surface area contributed by atoms with Crippen LogP contribution in [0.15, 0.2) is 108 Å². The summed E-state index contributed by atoms with van der Waals surface area (Å²) in [4.78, 5) is 18.5. The minimum absolute atomic E-state index is 0.0334. The molecule has 4 rings (SSSR count). The number of pyridine rings is 1. The van der Waals surface area contributed by atoms with Crippen molar-refractivity contribution < 1.29 is 13.2 Å². The topological polar surface area (TPSA) is 79.4 Å². The van der Waals surface area contributed by atoms with Gasteiger partial charge in [0.05, 0.1) is 11.3 Å². The highest BCUT2D eigenvalue weighted by Gasteiger charge is 2.19. The molecule has 1 N–H and O–H groups in total. The van der Waals surface area contributed by atoms with Gasteiger partial charge in [0.1, 0.15) is 0 Å². The van der Waals surface area contributed by atoms with Crippen LogP contribution in [0.5, 0.6) is 0 Å². The zero-order chi connectivity index (χ0) is 24.0. The monoisotopic (exact) mass is 471 g/mol. The molecule has 6 nitrogen and oxygen atoms in total. The number of nitrogens with zero attached hydrogens (tertiary/aromatic N) is 2. The van der Waals surface area contributed by atoms with E-state index in [4.69, 9.17) is 0 Å². The number of hydrogen-bond donors (Lipinski definition) is 1. The summed E-state index contributed by atoms with van der Waals surface area (Å²) in [5.74, 6) is -0.0334. The number of likely N-dealkylation sites (N-methyl/N-ethyl adjacent to an activating group) is 1. The van der Waals surface area contributed by atoms with Crippen LogP contribution in [-0.4, -0.2) is 31.3 Å². The van der Waals surface area contributed by atoms with E-state index in [-0.39, 0.29) is 17.2 Å². The lowest BCUT2D eigenvalue weighted by molar-refractivity contribution is -0.129. The van der Waals surface area contributed by atoms with E-state index >= 15 is 0 Å². The second-order valence-corrected chi connectivity index (χ2v) is 9.60. The molecule has 0 fully saturated rings. The Morgan fingerprint density at radius 2 is 1.56 bits per heavy atom. The maximum Gasteiger partial charge on any atom is 0.262 e. The van der Waals surface area contributed by atoms with Crippen molar-refractivity contribution in [2.45, 2.75) is 17.9 Å². The molecule has 0 bridgehead atoms. The lowest BCUT2D eigenvalue weighted by Crippen LogP contribution is -2.27. The maximum absolute atomic E-state index is 13.1. The van der Waals surface area contributed by atoms with Gasteiger partial charge in [-0.15, -0.1) is 0 Å². The van der Waals surface area contributed by atoms with Gasteiger partial charge in [-0.1, -0.05) is 66.7 Å². The van der Waals surface area contributed by atoms with Gasteiger partial charge in [-0.3, -0.25) is 14.5 Å². The highest BCUT2D eigenvalue weighted by molar-refractivity contribution is 7.92. The van der Waals surface area contributed by atoms with Crippen molar-refractivity contribution in [3.8, 4) is 11.1 Å². The van der Waals surface area contributed by atoms with E-state index in [1.165, 1.54) is 0 Å². The van der Waals surface area contributed by atoms with E-state index in [9.17, 15) is 13.2 Å². The van der Waals surface area contributed by atoms with Gasteiger partial charge in [0.2, 0.25) is 5.91 Å².